The largest absolute Gasteiger partial charge is 0.342 e. The quantitative estimate of drug-likeness (QED) is 0.650. The average molecular weight is 330 g/mol. The Labute approximate surface area is 140 Å². The van der Waals surface area contributed by atoms with Crippen LogP contribution in [0.1, 0.15) is 49.4 Å². The third kappa shape index (κ3) is 4.80. The van der Waals surface area contributed by atoms with Crippen molar-refractivity contribution in [3.8, 4) is 0 Å². The summed E-state index contributed by atoms with van der Waals surface area (Å²) in [5.74, 6) is 0.364. The first-order valence-corrected chi connectivity index (χ1v) is 7.83. The van der Waals surface area contributed by atoms with Crippen molar-refractivity contribution in [2.24, 2.45) is 0 Å². The normalized spacial score (nSPS) is 11.8. The van der Waals surface area contributed by atoms with Crippen LogP contribution in [0.15, 0.2) is 30.6 Å². The van der Waals surface area contributed by atoms with Crippen LogP contribution in [0.4, 0.5) is 10.5 Å². The molecular weight excluding hydrogens is 308 g/mol. The van der Waals surface area contributed by atoms with Gasteiger partial charge in [0.25, 0.3) is 5.91 Å². The van der Waals surface area contributed by atoms with E-state index in [0.717, 1.165) is 0 Å². The average Bonchev–Trinajstić information content (AvgIpc) is 3.06. The molecule has 2 aromatic rings. The Morgan fingerprint density at radius 1 is 1.25 bits per heavy atom. The summed E-state index contributed by atoms with van der Waals surface area (Å²) in [5.41, 5.74) is 1.00. The van der Waals surface area contributed by atoms with Gasteiger partial charge in [-0.05, 0) is 38.5 Å². The lowest BCUT2D eigenvalue weighted by Crippen LogP contribution is -2.34. The predicted octanol–water partition coefficient (Wildman–Crippen LogP) is 2.22. The molecule has 2 rings (SSSR count). The molecule has 0 saturated heterocycles. The standard InChI is InChI=1S/C16H22N6O2/c1-4-13(14-17-9-18-22-14)21-15(23)11-6-5-7-12(8-11)20-16(24)19-10(2)3/h5-10,13H,4H2,1-3H3,(H,21,23)(H,17,18,22)(H2,19,20,24). The lowest BCUT2D eigenvalue weighted by Gasteiger charge is -2.15. The highest BCUT2D eigenvalue weighted by atomic mass is 16.2. The molecule has 128 valence electrons. The van der Waals surface area contributed by atoms with Crippen molar-refractivity contribution in [2.45, 2.75) is 39.3 Å². The molecule has 4 N–H and O–H groups in total. The third-order valence-electron chi connectivity index (χ3n) is 3.28. The summed E-state index contributed by atoms with van der Waals surface area (Å²) in [6.07, 6.45) is 2.08. The first kappa shape index (κ1) is 17.5. The van der Waals surface area contributed by atoms with E-state index in [2.05, 4.69) is 31.1 Å². The van der Waals surface area contributed by atoms with E-state index in [-0.39, 0.29) is 24.0 Å². The summed E-state index contributed by atoms with van der Waals surface area (Å²) in [7, 11) is 0. The number of nitrogens with one attached hydrogen (secondary N) is 4. The number of anilines is 1. The smallest absolute Gasteiger partial charge is 0.319 e. The molecule has 1 aromatic heterocycles. The Morgan fingerprint density at radius 2 is 2.04 bits per heavy atom. The third-order valence-corrected chi connectivity index (χ3v) is 3.28. The van der Waals surface area contributed by atoms with Crippen LogP contribution < -0.4 is 16.0 Å². The van der Waals surface area contributed by atoms with Gasteiger partial charge in [0.15, 0.2) is 0 Å². The van der Waals surface area contributed by atoms with Gasteiger partial charge in [0, 0.05) is 17.3 Å². The van der Waals surface area contributed by atoms with Gasteiger partial charge in [0.05, 0.1) is 6.04 Å². The Bertz CT molecular complexity index is 684. The first-order valence-electron chi connectivity index (χ1n) is 7.83. The Kier molecular flexibility index (Phi) is 5.89. The number of benzene rings is 1. The van der Waals surface area contributed by atoms with Crippen LogP contribution in [0.3, 0.4) is 0 Å². The van der Waals surface area contributed by atoms with Crippen LogP contribution in [-0.4, -0.2) is 33.2 Å². The van der Waals surface area contributed by atoms with Crippen molar-refractivity contribution in [1.29, 1.82) is 0 Å². The minimum absolute atomic E-state index is 0.0312. The minimum atomic E-state index is -0.310. The van der Waals surface area contributed by atoms with Gasteiger partial charge >= 0.3 is 6.03 Å². The number of hydrogen-bond donors (Lipinski definition) is 4. The zero-order chi connectivity index (χ0) is 17.5. The van der Waals surface area contributed by atoms with Crippen LogP contribution >= 0.6 is 0 Å². The molecule has 0 spiro atoms. The van der Waals surface area contributed by atoms with Gasteiger partial charge in [-0.1, -0.05) is 13.0 Å². The van der Waals surface area contributed by atoms with E-state index >= 15 is 0 Å². The van der Waals surface area contributed by atoms with Crippen LogP contribution in [0, 0.1) is 0 Å². The molecule has 0 aliphatic carbocycles. The summed E-state index contributed by atoms with van der Waals surface area (Å²) in [4.78, 5) is 28.2. The monoisotopic (exact) mass is 330 g/mol. The fourth-order valence-corrected chi connectivity index (χ4v) is 2.16. The number of amides is 3. The van der Waals surface area contributed by atoms with Gasteiger partial charge in [-0.25, -0.2) is 9.78 Å². The van der Waals surface area contributed by atoms with E-state index in [0.29, 0.717) is 23.5 Å². The molecule has 0 fully saturated rings. The molecule has 0 aliphatic rings. The number of rotatable bonds is 6. The van der Waals surface area contributed by atoms with Crippen molar-refractivity contribution < 1.29 is 9.59 Å². The molecule has 8 nitrogen and oxygen atoms in total. The number of carbonyl (C=O) groups excluding carboxylic acids is 2. The van der Waals surface area contributed by atoms with Crippen LogP contribution in [0.25, 0.3) is 0 Å². The number of nitrogens with zero attached hydrogens (tertiary/aromatic N) is 2. The van der Waals surface area contributed by atoms with Gasteiger partial charge in [0.2, 0.25) is 0 Å². The molecule has 0 saturated carbocycles. The zero-order valence-corrected chi connectivity index (χ0v) is 14.0. The highest BCUT2D eigenvalue weighted by molar-refractivity contribution is 5.97. The molecule has 1 heterocycles. The summed E-state index contributed by atoms with van der Waals surface area (Å²) in [6.45, 7) is 5.69. The molecule has 1 aromatic carbocycles. The first-order chi connectivity index (χ1) is 11.5. The molecular formula is C16H22N6O2. The van der Waals surface area contributed by atoms with Crippen LogP contribution in [0.2, 0.25) is 0 Å². The van der Waals surface area contributed by atoms with E-state index in [1.54, 1.807) is 24.3 Å². The van der Waals surface area contributed by atoms with Gasteiger partial charge in [-0.15, -0.1) is 0 Å². The Morgan fingerprint density at radius 3 is 2.67 bits per heavy atom. The summed E-state index contributed by atoms with van der Waals surface area (Å²) >= 11 is 0. The molecule has 1 unspecified atom stereocenters. The number of aromatic nitrogens is 3. The fourth-order valence-electron chi connectivity index (χ4n) is 2.16. The van der Waals surface area contributed by atoms with Crippen molar-refractivity contribution in [3.63, 3.8) is 0 Å². The molecule has 24 heavy (non-hydrogen) atoms. The number of aromatic amines is 1. The summed E-state index contributed by atoms with van der Waals surface area (Å²) < 4.78 is 0. The van der Waals surface area contributed by atoms with Gasteiger partial charge < -0.3 is 16.0 Å². The molecule has 1 atom stereocenters. The van der Waals surface area contributed by atoms with Crippen molar-refractivity contribution in [3.05, 3.63) is 42.0 Å². The number of carbonyl (C=O) groups is 2. The maximum Gasteiger partial charge on any atom is 0.319 e. The van der Waals surface area contributed by atoms with Crippen LogP contribution in [0.5, 0.6) is 0 Å². The second-order valence-corrected chi connectivity index (χ2v) is 5.64. The lowest BCUT2D eigenvalue weighted by molar-refractivity contribution is 0.0933. The maximum atomic E-state index is 12.4. The SMILES string of the molecule is CCC(NC(=O)c1cccc(NC(=O)NC(C)C)c1)c1ncn[nH]1. The second-order valence-electron chi connectivity index (χ2n) is 5.64. The highest BCUT2D eigenvalue weighted by Crippen LogP contribution is 2.14. The van der Waals surface area contributed by atoms with Crippen LogP contribution in [-0.2, 0) is 0 Å². The maximum absolute atomic E-state index is 12.4. The Hall–Kier alpha value is -2.90. The van der Waals surface area contributed by atoms with Gasteiger partial charge in [-0.3, -0.25) is 9.89 Å². The highest BCUT2D eigenvalue weighted by Gasteiger charge is 2.16. The minimum Gasteiger partial charge on any atom is -0.342 e. The van der Waals surface area contributed by atoms with Gasteiger partial charge in [-0.2, -0.15) is 5.10 Å². The van der Waals surface area contributed by atoms with E-state index in [1.165, 1.54) is 6.33 Å². The van der Waals surface area contributed by atoms with Crippen molar-refractivity contribution >= 4 is 17.6 Å². The van der Waals surface area contributed by atoms with Crippen molar-refractivity contribution in [2.75, 3.05) is 5.32 Å². The summed E-state index contributed by atoms with van der Waals surface area (Å²) in [6, 6.07) is 6.23. The number of hydrogen-bond acceptors (Lipinski definition) is 4. The molecule has 3 amide bonds. The molecule has 0 radical (unpaired) electrons. The lowest BCUT2D eigenvalue weighted by atomic mass is 10.1. The molecule has 0 bridgehead atoms. The van der Waals surface area contributed by atoms with E-state index < -0.39 is 0 Å². The molecule has 0 aliphatic heterocycles. The number of urea groups is 1. The predicted molar refractivity (Wildman–Crippen MR) is 90.6 cm³/mol. The second kappa shape index (κ2) is 8.09. The van der Waals surface area contributed by atoms with Crippen molar-refractivity contribution in [1.82, 2.24) is 25.8 Å². The topological polar surface area (TPSA) is 112 Å². The van der Waals surface area contributed by atoms with E-state index in [9.17, 15) is 9.59 Å². The fraction of sp³-hybridized carbons (Fsp3) is 0.375. The Balaban J connectivity index is 2.04. The summed E-state index contributed by atoms with van der Waals surface area (Å²) in [5, 5.41) is 14.9. The van der Waals surface area contributed by atoms with E-state index in [4.69, 9.17) is 0 Å². The number of H-pyrrole nitrogens is 1. The van der Waals surface area contributed by atoms with Gasteiger partial charge in [0.1, 0.15) is 12.2 Å². The zero-order valence-electron chi connectivity index (χ0n) is 14.0. The molecule has 8 heteroatoms. The van der Waals surface area contributed by atoms with E-state index in [1.807, 2.05) is 20.8 Å².